The van der Waals surface area contributed by atoms with Crippen LogP contribution in [0.25, 0.3) is 0 Å². The summed E-state index contributed by atoms with van der Waals surface area (Å²) in [6, 6.07) is 4.85. The van der Waals surface area contributed by atoms with Crippen molar-refractivity contribution in [3.63, 3.8) is 0 Å². The molecule has 0 aliphatic carbocycles. The maximum atomic E-state index is 12.1. The summed E-state index contributed by atoms with van der Waals surface area (Å²) in [7, 11) is 1.49. The Labute approximate surface area is 120 Å². The molecule has 5 nitrogen and oxygen atoms in total. The summed E-state index contributed by atoms with van der Waals surface area (Å²) in [6.07, 6.45) is 0.0466. The summed E-state index contributed by atoms with van der Waals surface area (Å²) in [6.45, 7) is 6.34. The molecule has 0 spiro atoms. The third kappa shape index (κ3) is 5.09. The van der Waals surface area contributed by atoms with Gasteiger partial charge in [-0.3, -0.25) is 4.79 Å². The maximum Gasteiger partial charge on any atom is 0.255 e. The second-order valence-electron chi connectivity index (χ2n) is 6.09. The summed E-state index contributed by atoms with van der Waals surface area (Å²) in [4.78, 5) is 12.1. The molecule has 0 heterocycles. The van der Waals surface area contributed by atoms with E-state index in [-0.39, 0.29) is 17.9 Å². The van der Waals surface area contributed by atoms with Crippen LogP contribution in [0.5, 0.6) is 5.75 Å². The molecule has 1 unspecified atom stereocenters. The molecule has 0 aromatic heterocycles. The van der Waals surface area contributed by atoms with E-state index in [1.54, 1.807) is 18.2 Å². The zero-order valence-electron chi connectivity index (χ0n) is 12.6. The van der Waals surface area contributed by atoms with Gasteiger partial charge in [0, 0.05) is 18.3 Å². The molecular formula is C15H24N2O3. The van der Waals surface area contributed by atoms with Crippen LogP contribution in [0.1, 0.15) is 37.6 Å². The monoisotopic (exact) mass is 280 g/mol. The molecule has 4 N–H and O–H groups in total. The van der Waals surface area contributed by atoms with E-state index in [9.17, 15) is 9.90 Å². The molecule has 0 fully saturated rings. The predicted molar refractivity (Wildman–Crippen MR) is 79.8 cm³/mol. The van der Waals surface area contributed by atoms with Gasteiger partial charge in [-0.2, -0.15) is 0 Å². The second kappa shape index (κ2) is 6.61. The van der Waals surface area contributed by atoms with Gasteiger partial charge in [0.05, 0.1) is 18.8 Å². The maximum absolute atomic E-state index is 12.1. The van der Waals surface area contributed by atoms with Gasteiger partial charge in [-0.15, -0.1) is 0 Å². The largest absolute Gasteiger partial charge is 0.496 e. The molecule has 1 aromatic rings. The van der Waals surface area contributed by atoms with Gasteiger partial charge in [0.25, 0.3) is 5.91 Å². The number of ether oxygens (including phenoxy) is 1. The average Bonchev–Trinajstić information content (AvgIpc) is 2.33. The number of nitrogens with one attached hydrogen (secondary N) is 1. The summed E-state index contributed by atoms with van der Waals surface area (Å²) in [5.41, 5.74) is 6.60. The average molecular weight is 280 g/mol. The van der Waals surface area contributed by atoms with Gasteiger partial charge in [0.15, 0.2) is 0 Å². The van der Waals surface area contributed by atoms with Crippen molar-refractivity contribution in [2.45, 2.75) is 33.3 Å². The molecule has 0 saturated heterocycles. The molecule has 1 amide bonds. The summed E-state index contributed by atoms with van der Waals surface area (Å²) in [5, 5.41) is 12.6. The first-order chi connectivity index (χ1) is 9.23. The molecule has 0 radical (unpaired) electrons. The predicted octanol–water partition coefficient (Wildman–Crippen LogP) is 1.80. The smallest absolute Gasteiger partial charge is 0.255 e. The number of aliphatic hydroxyl groups is 1. The van der Waals surface area contributed by atoms with E-state index in [1.807, 2.05) is 20.8 Å². The van der Waals surface area contributed by atoms with E-state index in [2.05, 4.69) is 5.32 Å². The zero-order chi connectivity index (χ0) is 15.3. The Morgan fingerprint density at radius 3 is 2.65 bits per heavy atom. The van der Waals surface area contributed by atoms with Crippen molar-refractivity contribution < 1.29 is 14.6 Å². The second-order valence-corrected chi connectivity index (χ2v) is 6.09. The van der Waals surface area contributed by atoms with Crippen molar-refractivity contribution in [3.05, 3.63) is 23.8 Å². The van der Waals surface area contributed by atoms with E-state index < -0.39 is 6.10 Å². The van der Waals surface area contributed by atoms with Gasteiger partial charge in [0.2, 0.25) is 0 Å². The first-order valence-corrected chi connectivity index (χ1v) is 6.63. The first-order valence-electron chi connectivity index (χ1n) is 6.63. The number of aliphatic hydroxyl groups excluding tert-OH is 1. The number of amides is 1. The van der Waals surface area contributed by atoms with Crippen molar-refractivity contribution in [2.24, 2.45) is 5.41 Å². The topological polar surface area (TPSA) is 84.6 Å². The Morgan fingerprint density at radius 1 is 1.45 bits per heavy atom. The van der Waals surface area contributed by atoms with Crippen LogP contribution in [-0.4, -0.2) is 30.8 Å². The molecule has 0 saturated carbocycles. The zero-order valence-corrected chi connectivity index (χ0v) is 12.6. The van der Waals surface area contributed by atoms with Crippen molar-refractivity contribution in [2.75, 3.05) is 19.4 Å². The molecular weight excluding hydrogens is 256 g/mol. The number of nitrogen functional groups attached to an aromatic ring is 1. The molecule has 1 atom stereocenters. The van der Waals surface area contributed by atoms with E-state index in [4.69, 9.17) is 10.5 Å². The molecule has 5 heteroatoms. The van der Waals surface area contributed by atoms with Crippen molar-refractivity contribution >= 4 is 11.6 Å². The van der Waals surface area contributed by atoms with Crippen LogP contribution < -0.4 is 15.8 Å². The third-order valence-electron chi connectivity index (χ3n) is 2.82. The highest BCUT2D eigenvalue weighted by molar-refractivity contribution is 5.97. The molecule has 112 valence electrons. The highest BCUT2D eigenvalue weighted by atomic mass is 16.5. The molecule has 20 heavy (non-hydrogen) atoms. The molecule has 0 aliphatic heterocycles. The molecule has 0 bridgehead atoms. The Bertz CT molecular complexity index is 467. The quantitative estimate of drug-likeness (QED) is 0.718. The fraction of sp³-hybridized carbons (Fsp3) is 0.533. The lowest BCUT2D eigenvalue weighted by Gasteiger charge is -2.22. The highest BCUT2D eigenvalue weighted by Crippen LogP contribution is 2.22. The first kappa shape index (κ1) is 16.3. The number of nitrogens with two attached hydrogens (primary N) is 1. The van der Waals surface area contributed by atoms with Gasteiger partial charge in [-0.05, 0) is 24.0 Å². The number of carbonyl (C=O) groups excluding carboxylic acids is 1. The number of rotatable bonds is 5. The lowest BCUT2D eigenvalue weighted by Crippen LogP contribution is -2.34. The van der Waals surface area contributed by atoms with Crippen molar-refractivity contribution in [1.29, 1.82) is 0 Å². The van der Waals surface area contributed by atoms with Gasteiger partial charge in [-0.25, -0.2) is 0 Å². The Kier molecular flexibility index (Phi) is 5.39. The van der Waals surface area contributed by atoms with Gasteiger partial charge in [-0.1, -0.05) is 20.8 Å². The van der Waals surface area contributed by atoms with Crippen LogP contribution in [0, 0.1) is 5.41 Å². The SMILES string of the molecule is COc1cc(N)ccc1C(=O)NCC(O)CC(C)(C)C. The Balaban J connectivity index is 2.64. The van der Waals surface area contributed by atoms with Gasteiger partial charge in [0.1, 0.15) is 5.75 Å². The minimum atomic E-state index is -0.571. The van der Waals surface area contributed by atoms with Crippen LogP contribution in [0.2, 0.25) is 0 Å². The third-order valence-corrected chi connectivity index (χ3v) is 2.82. The summed E-state index contributed by atoms with van der Waals surface area (Å²) < 4.78 is 5.13. The number of carbonyl (C=O) groups is 1. The van der Waals surface area contributed by atoms with E-state index in [0.717, 1.165) is 0 Å². The Hall–Kier alpha value is -1.75. The lowest BCUT2D eigenvalue weighted by molar-refractivity contribution is 0.0866. The summed E-state index contributed by atoms with van der Waals surface area (Å²) >= 11 is 0. The Morgan fingerprint density at radius 2 is 2.10 bits per heavy atom. The highest BCUT2D eigenvalue weighted by Gasteiger charge is 2.18. The normalized spacial score (nSPS) is 12.8. The number of anilines is 1. The van der Waals surface area contributed by atoms with Crippen molar-refractivity contribution in [3.8, 4) is 5.75 Å². The minimum Gasteiger partial charge on any atom is -0.496 e. The number of methoxy groups -OCH3 is 1. The summed E-state index contributed by atoms with van der Waals surface area (Å²) in [5.74, 6) is 0.141. The van der Waals surface area contributed by atoms with Crippen LogP contribution in [0.4, 0.5) is 5.69 Å². The van der Waals surface area contributed by atoms with Gasteiger partial charge >= 0.3 is 0 Å². The molecule has 1 rings (SSSR count). The van der Waals surface area contributed by atoms with E-state index in [0.29, 0.717) is 23.4 Å². The van der Waals surface area contributed by atoms with Crippen molar-refractivity contribution in [1.82, 2.24) is 5.32 Å². The van der Waals surface area contributed by atoms with E-state index >= 15 is 0 Å². The van der Waals surface area contributed by atoms with Crippen LogP contribution in [0.15, 0.2) is 18.2 Å². The van der Waals surface area contributed by atoms with Crippen LogP contribution in [0.3, 0.4) is 0 Å². The number of benzene rings is 1. The number of hydrogen-bond acceptors (Lipinski definition) is 4. The molecule has 1 aromatic carbocycles. The fourth-order valence-corrected chi connectivity index (χ4v) is 1.98. The van der Waals surface area contributed by atoms with Crippen LogP contribution in [-0.2, 0) is 0 Å². The minimum absolute atomic E-state index is 0.0169. The van der Waals surface area contributed by atoms with Crippen LogP contribution >= 0.6 is 0 Å². The number of hydrogen-bond donors (Lipinski definition) is 3. The standard InChI is InChI=1S/C15H24N2O3/c1-15(2,3)8-11(18)9-17-14(19)12-6-5-10(16)7-13(12)20-4/h5-7,11,18H,8-9,16H2,1-4H3,(H,17,19). The van der Waals surface area contributed by atoms with E-state index in [1.165, 1.54) is 7.11 Å². The van der Waals surface area contributed by atoms with Gasteiger partial charge < -0.3 is 20.9 Å². The lowest BCUT2D eigenvalue weighted by atomic mass is 9.89. The molecule has 0 aliphatic rings. The fourth-order valence-electron chi connectivity index (χ4n) is 1.98.